The van der Waals surface area contributed by atoms with Crippen LogP contribution in [0.25, 0.3) is 0 Å². The van der Waals surface area contributed by atoms with Gasteiger partial charge in [-0.2, -0.15) is 42.1 Å². The van der Waals surface area contributed by atoms with E-state index in [1.807, 2.05) is 0 Å². The van der Waals surface area contributed by atoms with Gasteiger partial charge in [0, 0.05) is 0 Å². The maximum atomic E-state index is 10.4. The molecule has 0 aliphatic rings. The minimum atomic E-state index is -4.28. The summed E-state index contributed by atoms with van der Waals surface area (Å²) in [4.78, 5) is 0. The van der Waals surface area contributed by atoms with Crippen LogP contribution in [0.5, 0.6) is 0 Å². The Hall–Kier alpha value is 0.520. The van der Waals surface area contributed by atoms with E-state index in [0.29, 0.717) is 0 Å². The zero-order valence-corrected chi connectivity index (χ0v) is 10.3. The molecule has 0 saturated carbocycles. The highest BCUT2D eigenvalue weighted by Crippen LogP contribution is 2.26. The largest absolute Gasteiger partial charge is 0.286 e. The highest BCUT2D eigenvalue weighted by molar-refractivity contribution is 8.02. The molecule has 0 aromatic rings. The van der Waals surface area contributed by atoms with Crippen molar-refractivity contribution in [2.75, 3.05) is 11.5 Å². The van der Waals surface area contributed by atoms with Crippen LogP contribution in [0.2, 0.25) is 0 Å². The minimum absolute atomic E-state index is 0.308. The Balaban J connectivity index is 4.37. The lowest BCUT2D eigenvalue weighted by molar-refractivity contribution is 0.472. The van der Waals surface area contributed by atoms with E-state index >= 15 is 0 Å². The van der Waals surface area contributed by atoms with Crippen molar-refractivity contribution in [1.82, 2.24) is 0 Å². The van der Waals surface area contributed by atoms with E-state index in [2.05, 4.69) is 25.3 Å². The summed E-state index contributed by atoms with van der Waals surface area (Å²) >= 11 is 7.48. The van der Waals surface area contributed by atoms with Crippen LogP contribution < -0.4 is 0 Å². The van der Waals surface area contributed by atoms with Gasteiger partial charge in [-0.1, -0.05) is 0 Å². The lowest BCUT2D eigenvalue weighted by atomic mass is 10.3. The van der Waals surface area contributed by atoms with Crippen molar-refractivity contribution in [2.45, 2.75) is 10.5 Å². The van der Waals surface area contributed by atoms with Crippen molar-refractivity contribution in [3.8, 4) is 0 Å². The van der Waals surface area contributed by atoms with E-state index in [4.69, 9.17) is 9.11 Å². The van der Waals surface area contributed by atoms with Crippen LogP contribution in [0.4, 0.5) is 0 Å². The number of hydrogen-bond acceptors (Lipinski definition) is 6. The molecule has 0 aromatic heterocycles. The minimum Gasteiger partial charge on any atom is -0.286 e. The van der Waals surface area contributed by atoms with Gasteiger partial charge in [0.25, 0.3) is 20.2 Å². The quantitative estimate of drug-likeness (QED) is 0.313. The monoisotopic (exact) mass is 282 g/mol. The Morgan fingerprint density at radius 3 is 1.71 bits per heavy atom. The molecular formula is C4H10O6S4. The Morgan fingerprint density at radius 2 is 1.43 bits per heavy atom. The van der Waals surface area contributed by atoms with Gasteiger partial charge in [0.15, 0.2) is 0 Å². The second kappa shape index (κ2) is 4.58. The molecule has 0 unspecified atom stereocenters. The molecule has 0 atom stereocenters. The van der Waals surface area contributed by atoms with Crippen molar-refractivity contribution < 1.29 is 25.9 Å². The standard InChI is InChI=1S/C4H10O6S4/c5-13(6,7)2-1-4(11,12)3-14(8,9)10/h11-12H,1-3H2,(H,5,6,7)(H,8,9,10). The van der Waals surface area contributed by atoms with Crippen molar-refractivity contribution in [3.63, 3.8) is 0 Å². The van der Waals surface area contributed by atoms with Gasteiger partial charge in [0.2, 0.25) is 0 Å². The Morgan fingerprint density at radius 1 is 1.00 bits per heavy atom. The predicted molar refractivity (Wildman–Crippen MR) is 58.2 cm³/mol. The third-order valence-corrected chi connectivity index (χ3v) is 3.94. The summed E-state index contributed by atoms with van der Waals surface area (Å²) in [5.41, 5.74) is 0. The molecule has 0 bridgehead atoms. The highest BCUT2D eigenvalue weighted by atomic mass is 32.2. The van der Waals surface area contributed by atoms with E-state index < -0.39 is 35.8 Å². The van der Waals surface area contributed by atoms with Crippen molar-refractivity contribution >= 4 is 45.5 Å². The number of rotatable bonds is 5. The lowest BCUT2D eigenvalue weighted by Crippen LogP contribution is -2.28. The first-order valence-electron chi connectivity index (χ1n) is 3.26. The normalized spacial score (nSPS) is 14.3. The predicted octanol–water partition coefficient (Wildman–Crippen LogP) is -0.292. The first-order chi connectivity index (χ1) is 5.91. The SMILES string of the molecule is O=S(=O)(O)CCC(S)(S)CS(=O)(=O)O. The molecule has 0 aromatic carbocycles. The molecule has 0 fully saturated rings. The molecule has 2 N–H and O–H groups in total. The molecule has 0 aliphatic heterocycles. The van der Waals surface area contributed by atoms with Gasteiger partial charge in [-0.15, -0.1) is 0 Å². The van der Waals surface area contributed by atoms with Crippen molar-refractivity contribution in [2.24, 2.45) is 0 Å². The second-order valence-electron chi connectivity index (χ2n) is 2.74. The Kier molecular flexibility index (Phi) is 4.75. The first kappa shape index (κ1) is 14.5. The molecule has 0 heterocycles. The summed E-state index contributed by atoms with van der Waals surface area (Å²) in [7, 11) is -8.47. The van der Waals surface area contributed by atoms with E-state index in [9.17, 15) is 16.8 Å². The molecule has 0 spiro atoms. The maximum Gasteiger partial charge on any atom is 0.267 e. The third kappa shape index (κ3) is 9.09. The summed E-state index contributed by atoms with van der Waals surface area (Å²) < 4.78 is 56.8. The highest BCUT2D eigenvalue weighted by Gasteiger charge is 2.28. The van der Waals surface area contributed by atoms with Crippen LogP contribution >= 0.6 is 25.3 Å². The van der Waals surface area contributed by atoms with Crippen molar-refractivity contribution in [3.05, 3.63) is 0 Å². The lowest BCUT2D eigenvalue weighted by Gasteiger charge is -2.19. The molecule has 0 rings (SSSR count). The topological polar surface area (TPSA) is 109 Å². The summed E-state index contributed by atoms with van der Waals surface area (Å²) in [5, 5.41) is 0. The van der Waals surface area contributed by atoms with Gasteiger partial charge >= 0.3 is 0 Å². The summed E-state index contributed by atoms with van der Waals surface area (Å²) in [6.45, 7) is 0. The van der Waals surface area contributed by atoms with Crippen LogP contribution in [0.3, 0.4) is 0 Å². The fraction of sp³-hybridized carbons (Fsp3) is 1.00. The van der Waals surface area contributed by atoms with Crippen LogP contribution in [0.15, 0.2) is 0 Å². The molecule has 10 heteroatoms. The summed E-state index contributed by atoms with van der Waals surface area (Å²) in [6, 6.07) is 0. The average molecular weight is 282 g/mol. The fourth-order valence-corrected chi connectivity index (χ4v) is 3.50. The summed E-state index contributed by atoms with van der Waals surface area (Å²) in [6.07, 6.45) is -0.308. The zero-order chi connectivity index (χ0) is 11.6. The molecule has 86 valence electrons. The van der Waals surface area contributed by atoms with Gasteiger partial charge in [-0.3, -0.25) is 9.11 Å². The van der Waals surface area contributed by atoms with Gasteiger partial charge in [0.1, 0.15) is 0 Å². The van der Waals surface area contributed by atoms with E-state index in [1.165, 1.54) is 0 Å². The Labute approximate surface area is 93.4 Å². The fourth-order valence-electron chi connectivity index (χ4n) is 0.657. The smallest absolute Gasteiger partial charge is 0.267 e. The molecular weight excluding hydrogens is 272 g/mol. The van der Waals surface area contributed by atoms with E-state index in [-0.39, 0.29) is 6.42 Å². The Bertz CT molecular complexity index is 378. The number of hydrogen-bond donors (Lipinski definition) is 4. The zero-order valence-electron chi connectivity index (χ0n) is 6.86. The van der Waals surface area contributed by atoms with Crippen LogP contribution in [0, 0.1) is 0 Å². The molecule has 0 saturated heterocycles. The molecule has 0 amide bonds. The van der Waals surface area contributed by atoms with Gasteiger partial charge in [-0.05, 0) is 6.42 Å². The van der Waals surface area contributed by atoms with E-state index in [1.54, 1.807) is 0 Å². The summed E-state index contributed by atoms with van der Waals surface area (Å²) in [5.74, 6) is -1.47. The van der Waals surface area contributed by atoms with Gasteiger partial charge in [-0.25, -0.2) is 0 Å². The molecule has 6 nitrogen and oxygen atoms in total. The van der Waals surface area contributed by atoms with E-state index in [0.717, 1.165) is 0 Å². The van der Waals surface area contributed by atoms with Crippen LogP contribution in [0.1, 0.15) is 6.42 Å². The molecule has 0 aliphatic carbocycles. The van der Waals surface area contributed by atoms with Crippen LogP contribution in [-0.2, 0) is 20.2 Å². The number of thiol groups is 2. The maximum absolute atomic E-state index is 10.4. The molecule has 14 heavy (non-hydrogen) atoms. The van der Waals surface area contributed by atoms with Crippen molar-refractivity contribution in [1.29, 1.82) is 0 Å². The third-order valence-electron chi connectivity index (χ3n) is 1.17. The van der Waals surface area contributed by atoms with Gasteiger partial charge in [0.05, 0.1) is 15.6 Å². The van der Waals surface area contributed by atoms with Crippen LogP contribution in [-0.4, -0.2) is 41.5 Å². The average Bonchev–Trinajstić information content (AvgIpc) is 1.76. The molecule has 0 radical (unpaired) electrons. The van der Waals surface area contributed by atoms with Gasteiger partial charge < -0.3 is 0 Å². The second-order valence-corrected chi connectivity index (χ2v) is 7.83. The first-order valence-corrected chi connectivity index (χ1v) is 7.38.